The van der Waals surface area contributed by atoms with Gasteiger partial charge in [-0.2, -0.15) is 0 Å². The molecule has 0 atom stereocenters. The second-order valence-corrected chi connectivity index (χ2v) is 3.80. The summed E-state index contributed by atoms with van der Waals surface area (Å²) in [5.74, 6) is 0.530. The van der Waals surface area contributed by atoms with E-state index in [0.717, 1.165) is 18.7 Å². The van der Waals surface area contributed by atoms with Crippen molar-refractivity contribution in [3.8, 4) is 0 Å². The Labute approximate surface area is 90.7 Å². The summed E-state index contributed by atoms with van der Waals surface area (Å²) in [6.45, 7) is 5.28. The van der Waals surface area contributed by atoms with E-state index in [4.69, 9.17) is 10.8 Å². The summed E-state index contributed by atoms with van der Waals surface area (Å²) in [6.07, 6.45) is 2.47. The van der Waals surface area contributed by atoms with Crippen LogP contribution in [0, 0.1) is 0 Å². The van der Waals surface area contributed by atoms with E-state index in [1.165, 1.54) is 0 Å². The van der Waals surface area contributed by atoms with Gasteiger partial charge in [0.15, 0.2) is 0 Å². The number of aromatic nitrogens is 1. The molecule has 0 saturated carbocycles. The van der Waals surface area contributed by atoms with Crippen LogP contribution < -0.4 is 10.6 Å². The molecule has 1 rings (SSSR count). The van der Waals surface area contributed by atoms with Crippen molar-refractivity contribution in [3.05, 3.63) is 18.3 Å². The number of pyridine rings is 1. The highest BCUT2D eigenvalue weighted by molar-refractivity contribution is 5.52. The Morgan fingerprint density at radius 1 is 1.53 bits per heavy atom. The number of nitrogens with two attached hydrogens (primary N) is 1. The van der Waals surface area contributed by atoms with E-state index in [1.807, 2.05) is 12.1 Å². The van der Waals surface area contributed by atoms with Crippen molar-refractivity contribution in [3.63, 3.8) is 0 Å². The average Bonchev–Trinajstić information content (AvgIpc) is 2.18. The quantitative estimate of drug-likeness (QED) is 0.766. The maximum atomic E-state index is 8.83. The van der Waals surface area contributed by atoms with Crippen LogP contribution in [0.2, 0.25) is 0 Å². The van der Waals surface area contributed by atoms with E-state index in [2.05, 4.69) is 23.7 Å². The normalized spacial score (nSPS) is 10.7. The summed E-state index contributed by atoms with van der Waals surface area (Å²) >= 11 is 0. The molecule has 0 saturated heterocycles. The van der Waals surface area contributed by atoms with Gasteiger partial charge in [-0.25, -0.2) is 4.98 Å². The van der Waals surface area contributed by atoms with E-state index in [1.54, 1.807) is 6.20 Å². The van der Waals surface area contributed by atoms with Crippen molar-refractivity contribution in [1.82, 2.24) is 4.98 Å². The molecule has 0 unspecified atom stereocenters. The van der Waals surface area contributed by atoms with Crippen LogP contribution in [0.4, 0.5) is 11.5 Å². The third-order valence-electron chi connectivity index (χ3n) is 2.28. The molecule has 0 spiro atoms. The van der Waals surface area contributed by atoms with Crippen LogP contribution >= 0.6 is 0 Å². The Morgan fingerprint density at radius 3 is 2.80 bits per heavy atom. The maximum absolute atomic E-state index is 8.83. The maximum Gasteiger partial charge on any atom is 0.125 e. The lowest BCUT2D eigenvalue weighted by molar-refractivity contribution is 0.288. The molecule has 0 amide bonds. The third kappa shape index (κ3) is 3.40. The molecule has 3 N–H and O–H groups in total. The number of hydrogen-bond donors (Lipinski definition) is 2. The number of nitrogens with zero attached hydrogens (tertiary/aromatic N) is 2. The van der Waals surface area contributed by atoms with Crippen LogP contribution in [0.25, 0.3) is 0 Å². The number of nitrogen functional groups attached to an aromatic ring is 1. The van der Waals surface area contributed by atoms with Crippen molar-refractivity contribution < 1.29 is 5.11 Å². The zero-order valence-electron chi connectivity index (χ0n) is 9.35. The minimum atomic E-state index is 0.212. The molecule has 15 heavy (non-hydrogen) atoms. The van der Waals surface area contributed by atoms with Gasteiger partial charge >= 0.3 is 0 Å². The fourth-order valence-corrected chi connectivity index (χ4v) is 1.54. The smallest absolute Gasteiger partial charge is 0.125 e. The molecule has 1 aromatic heterocycles. The van der Waals surface area contributed by atoms with E-state index >= 15 is 0 Å². The fraction of sp³-hybridized carbons (Fsp3) is 0.545. The Morgan fingerprint density at radius 2 is 2.27 bits per heavy atom. The molecule has 0 radical (unpaired) electrons. The summed E-state index contributed by atoms with van der Waals surface area (Å²) in [6, 6.07) is 4.18. The van der Waals surface area contributed by atoms with Crippen molar-refractivity contribution in [1.29, 1.82) is 0 Å². The summed E-state index contributed by atoms with van der Waals surface area (Å²) in [7, 11) is 0. The van der Waals surface area contributed by atoms with Gasteiger partial charge < -0.3 is 15.7 Å². The van der Waals surface area contributed by atoms with Gasteiger partial charge in [0.1, 0.15) is 5.82 Å². The van der Waals surface area contributed by atoms with Crippen LogP contribution in [0.15, 0.2) is 18.3 Å². The number of rotatable bonds is 5. The summed E-state index contributed by atoms with van der Waals surface area (Å²) < 4.78 is 0. The lowest BCUT2D eigenvalue weighted by Gasteiger charge is -2.28. The van der Waals surface area contributed by atoms with Crippen molar-refractivity contribution >= 4 is 11.5 Å². The molecule has 0 aliphatic rings. The van der Waals surface area contributed by atoms with Gasteiger partial charge in [-0.05, 0) is 26.3 Å². The Bertz CT molecular complexity index is 302. The first-order valence-corrected chi connectivity index (χ1v) is 5.24. The zero-order chi connectivity index (χ0) is 11.3. The van der Waals surface area contributed by atoms with Gasteiger partial charge in [-0.1, -0.05) is 0 Å². The zero-order valence-corrected chi connectivity index (χ0v) is 9.35. The number of anilines is 2. The molecule has 1 heterocycles. The van der Waals surface area contributed by atoms with Crippen molar-refractivity contribution in [2.24, 2.45) is 0 Å². The number of hydrogen-bond acceptors (Lipinski definition) is 4. The standard InChI is InChI=1S/C11H19N3O/c1-9(2)14(6-3-7-15)10-4-5-13-11(12)8-10/h4-5,8-9,15H,3,6-7H2,1-2H3,(H2,12,13). The lowest BCUT2D eigenvalue weighted by atomic mass is 10.2. The third-order valence-corrected chi connectivity index (χ3v) is 2.28. The van der Waals surface area contributed by atoms with E-state index in [-0.39, 0.29) is 6.61 Å². The van der Waals surface area contributed by atoms with Gasteiger partial charge in [0, 0.05) is 37.1 Å². The molecular weight excluding hydrogens is 190 g/mol. The van der Waals surface area contributed by atoms with Crippen molar-refractivity contribution in [2.45, 2.75) is 26.3 Å². The minimum absolute atomic E-state index is 0.212. The number of aliphatic hydroxyl groups is 1. The molecule has 1 aromatic rings. The highest BCUT2D eigenvalue weighted by atomic mass is 16.3. The van der Waals surface area contributed by atoms with Crippen LogP contribution in [0.1, 0.15) is 20.3 Å². The molecule has 0 bridgehead atoms. The summed E-state index contributed by atoms with van der Waals surface area (Å²) in [5, 5.41) is 8.83. The Balaban J connectivity index is 2.79. The molecule has 0 aliphatic carbocycles. The van der Waals surface area contributed by atoms with E-state index in [0.29, 0.717) is 11.9 Å². The SMILES string of the molecule is CC(C)N(CCCO)c1ccnc(N)c1. The molecule has 0 aliphatic heterocycles. The summed E-state index contributed by atoms with van der Waals surface area (Å²) in [5.41, 5.74) is 6.70. The van der Waals surface area contributed by atoms with Crippen LogP contribution in [0.5, 0.6) is 0 Å². The molecular formula is C11H19N3O. The predicted octanol–water partition coefficient (Wildman–Crippen LogP) is 1.26. The van der Waals surface area contributed by atoms with Gasteiger partial charge in [-0.15, -0.1) is 0 Å². The first kappa shape index (κ1) is 11.8. The van der Waals surface area contributed by atoms with Crippen molar-refractivity contribution in [2.75, 3.05) is 23.8 Å². The summed E-state index contributed by atoms with van der Waals surface area (Å²) in [4.78, 5) is 6.17. The molecule has 4 nitrogen and oxygen atoms in total. The van der Waals surface area contributed by atoms with Gasteiger partial charge in [0.25, 0.3) is 0 Å². The largest absolute Gasteiger partial charge is 0.396 e. The minimum Gasteiger partial charge on any atom is -0.396 e. The molecule has 0 fully saturated rings. The van der Waals surface area contributed by atoms with Crippen LogP contribution in [0.3, 0.4) is 0 Å². The first-order valence-electron chi connectivity index (χ1n) is 5.24. The highest BCUT2D eigenvalue weighted by Crippen LogP contribution is 2.18. The fourth-order valence-electron chi connectivity index (χ4n) is 1.54. The predicted molar refractivity (Wildman–Crippen MR) is 62.8 cm³/mol. The lowest BCUT2D eigenvalue weighted by Crippen LogP contribution is -2.32. The van der Waals surface area contributed by atoms with Gasteiger partial charge in [0.05, 0.1) is 0 Å². The Kier molecular flexibility index (Phi) is 4.37. The monoisotopic (exact) mass is 209 g/mol. The highest BCUT2D eigenvalue weighted by Gasteiger charge is 2.10. The molecule has 0 aromatic carbocycles. The van der Waals surface area contributed by atoms with E-state index < -0.39 is 0 Å². The van der Waals surface area contributed by atoms with E-state index in [9.17, 15) is 0 Å². The van der Waals surface area contributed by atoms with Gasteiger partial charge in [0.2, 0.25) is 0 Å². The topological polar surface area (TPSA) is 62.4 Å². The molecule has 4 heteroatoms. The second-order valence-electron chi connectivity index (χ2n) is 3.80. The molecule has 84 valence electrons. The van der Waals surface area contributed by atoms with Crippen LogP contribution in [-0.4, -0.2) is 29.3 Å². The average molecular weight is 209 g/mol. The second kappa shape index (κ2) is 5.56. The van der Waals surface area contributed by atoms with Gasteiger partial charge in [-0.3, -0.25) is 0 Å². The number of aliphatic hydroxyl groups excluding tert-OH is 1. The van der Waals surface area contributed by atoms with Crippen LogP contribution in [-0.2, 0) is 0 Å². The first-order chi connectivity index (χ1) is 7.15. The Hall–Kier alpha value is -1.29.